The van der Waals surface area contributed by atoms with E-state index in [1.54, 1.807) is 30.5 Å². The Balaban J connectivity index is 1.38. The summed E-state index contributed by atoms with van der Waals surface area (Å²) in [7, 11) is 0. The van der Waals surface area contributed by atoms with Crippen molar-refractivity contribution in [1.82, 2.24) is 10.3 Å². The average Bonchev–Trinajstić information content (AvgIpc) is 3.15. The standard InChI is InChI=1S/C22H17ClN2O3/c23-18-6-7-19-17(11-18)12-20(28-19)22(26)25-13-16-8-9-24-21(10-16)27-14-15-4-2-1-3-5-15/h1-12H,13-14H2,(H,25,26). The van der Waals surface area contributed by atoms with Gasteiger partial charge in [0.15, 0.2) is 5.76 Å². The fourth-order valence-electron chi connectivity index (χ4n) is 2.77. The number of fused-ring (bicyclic) bond motifs is 1. The van der Waals surface area contributed by atoms with E-state index in [4.69, 9.17) is 20.8 Å². The van der Waals surface area contributed by atoms with E-state index in [0.717, 1.165) is 16.5 Å². The maximum absolute atomic E-state index is 12.4. The van der Waals surface area contributed by atoms with Crippen LogP contribution in [0.3, 0.4) is 0 Å². The molecule has 0 aliphatic heterocycles. The highest BCUT2D eigenvalue weighted by molar-refractivity contribution is 6.31. The second-order valence-corrected chi connectivity index (χ2v) is 6.69. The van der Waals surface area contributed by atoms with Crippen LogP contribution in [0.25, 0.3) is 11.0 Å². The van der Waals surface area contributed by atoms with E-state index in [1.165, 1.54) is 0 Å². The third kappa shape index (κ3) is 4.32. The minimum atomic E-state index is -0.295. The Morgan fingerprint density at radius 2 is 1.89 bits per heavy atom. The zero-order valence-corrected chi connectivity index (χ0v) is 15.6. The molecule has 4 aromatic rings. The maximum Gasteiger partial charge on any atom is 0.287 e. The molecule has 0 saturated heterocycles. The fraction of sp³-hybridized carbons (Fsp3) is 0.0909. The van der Waals surface area contributed by atoms with Gasteiger partial charge in [-0.05, 0) is 41.5 Å². The predicted octanol–water partition coefficient (Wildman–Crippen LogP) is 4.99. The molecule has 140 valence electrons. The van der Waals surface area contributed by atoms with E-state index in [1.807, 2.05) is 42.5 Å². The third-order valence-electron chi connectivity index (χ3n) is 4.18. The van der Waals surface area contributed by atoms with Crippen molar-refractivity contribution in [1.29, 1.82) is 0 Å². The van der Waals surface area contributed by atoms with E-state index in [2.05, 4.69) is 10.3 Å². The predicted molar refractivity (Wildman–Crippen MR) is 107 cm³/mol. The van der Waals surface area contributed by atoms with Crippen LogP contribution in [0.4, 0.5) is 0 Å². The molecule has 2 aromatic carbocycles. The molecule has 4 rings (SSSR count). The van der Waals surface area contributed by atoms with E-state index < -0.39 is 0 Å². The van der Waals surface area contributed by atoms with Crippen molar-refractivity contribution in [2.45, 2.75) is 13.2 Å². The SMILES string of the molecule is O=C(NCc1ccnc(OCc2ccccc2)c1)c1cc2cc(Cl)ccc2o1. The summed E-state index contributed by atoms with van der Waals surface area (Å²) in [5.74, 6) is 0.455. The van der Waals surface area contributed by atoms with Gasteiger partial charge in [0.25, 0.3) is 5.91 Å². The minimum absolute atomic E-state index is 0.242. The number of rotatable bonds is 6. The molecule has 0 fully saturated rings. The van der Waals surface area contributed by atoms with Crippen molar-refractivity contribution in [2.24, 2.45) is 0 Å². The quantitative estimate of drug-likeness (QED) is 0.502. The maximum atomic E-state index is 12.4. The van der Waals surface area contributed by atoms with Crippen LogP contribution in [0.15, 0.2) is 77.3 Å². The highest BCUT2D eigenvalue weighted by Gasteiger charge is 2.12. The van der Waals surface area contributed by atoms with Crippen LogP contribution in [0, 0.1) is 0 Å². The van der Waals surface area contributed by atoms with Gasteiger partial charge in [0, 0.05) is 29.2 Å². The van der Waals surface area contributed by atoms with Gasteiger partial charge in [-0.25, -0.2) is 4.98 Å². The molecule has 5 nitrogen and oxygen atoms in total. The molecule has 1 amide bonds. The summed E-state index contributed by atoms with van der Waals surface area (Å²) < 4.78 is 11.3. The van der Waals surface area contributed by atoms with Gasteiger partial charge in [0.2, 0.25) is 5.88 Å². The Labute approximate surface area is 166 Å². The summed E-state index contributed by atoms with van der Waals surface area (Å²) in [6.45, 7) is 0.770. The van der Waals surface area contributed by atoms with Gasteiger partial charge < -0.3 is 14.5 Å². The molecule has 0 radical (unpaired) electrons. The normalized spacial score (nSPS) is 10.8. The molecule has 0 bridgehead atoms. The van der Waals surface area contributed by atoms with Crippen LogP contribution in [0.1, 0.15) is 21.7 Å². The van der Waals surface area contributed by atoms with Gasteiger partial charge in [0.1, 0.15) is 12.2 Å². The molecule has 28 heavy (non-hydrogen) atoms. The van der Waals surface area contributed by atoms with E-state index >= 15 is 0 Å². The number of carbonyl (C=O) groups excluding carboxylic acids is 1. The Hall–Kier alpha value is -3.31. The van der Waals surface area contributed by atoms with Crippen molar-refractivity contribution in [3.63, 3.8) is 0 Å². The number of hydrogen-bond acceptors (Lipinski definition) is 4. The van der Waals surface area contributed by atoms with Gasteiger partial charge in [-0.1, -0.05) is 41.9 Å². The Bertz CT molecular complexity index is 1110. The summed E-state index contributed by atoms with van der Waals surface area (Å²) in [4.78, 5) is 16.6. The average molecular weight is 393 g/mol. The summed E-state index contributed by atoms with van der Waals surface area (Å²) in [5, 5.41) is 4.23. The second kappa shape index (κ2) is 8.15. The van der Waals surface area contributed by atoms with E-state index in [0.29, 0.717) is 29.6 Å². The van der Waals surface area contributed by atoms with Crippen molar-refractivity contribution >= 4 is 28.5 Å². The summed E-state index contributed by atoms with van der Waals surface area (Å²) in [6, 6.07) is 20.4. The van der Waals surface area contributed by atoms with Crippen LogP contribution in [0.5, 0.6) is 5.88 Å². The highest BCUT2D eigenvalue weighted by Crippen LogP contribution is 2.23. The summed E-state index contributed by atoms with van der Waals surface area (Å²) in [5.41, 5.74) is 2.56. The van der Waals surface area contributed by atoms with Gasteiger partial charge in [-0.3, -0.25) is 4.79 Å². The topological polar surface area (TPSA) is 64.4 Å². The van der Waals surface area contributed by atoms with Crippen LogP contribution in [0.2, 0.25) is 5.02 Å². The number of pyridine rings is 1. The monoisotopic (exact) mass is 392 g/mol. The molecule has 6 heteroatoms. The first-order valence-electron chi connectivity index (χ1n) is 8.76. The molecule has 0 aliphatic carbocycles. The van der Waals surface area contributed by atoms with Gasteiger partial charge in [-0.15, -0.1) is 0 Å². The van der Waals surface area contributed by atoms with Crippen molar-refractivity contribution in [3.05, 3.63) is 94.8 Å². The molecule has 0 spiro atoms. The van der Waals surface area contributed by atoms with Crippen molar-refractivity contribution in [2.75, 3.05) is 0 Å². The molecular formula is C22H17ClN2O3. The molecule has 2 heterocycles. The number of nitrogens with zero attached hydrogens (tertiary/aromatic N) is 1. The molecule has 0 atom stereocenters. The number of benzene rings is 2. The van der Waals surface area contributed by atoms with E-state index in [-0.39, 0.29) is 11.7 Å². The first-order chi connectivity index (χ1) is 13.7. The zero-order chi connectivity index (χ0) is 19.3. The molecule has 0 unspecified atom stereocenters. The van der Waals surface area contributed by atoms with Gasteiger partial charge in [-0.2, -0.15) is 0 Å². The molecular weight excluding hydrogens is 376 g/mol. The number of ether oxygens (including phenoxy) is 1. The lowest BCUT2D eigenvalue weighted by atomic mass is 10.2. The fourth-order valence-corrected chi connectivity index (χ4v) is 2.95. The first kappa shape index (κ1) is 18.1. The van der Waals surface area contributed by atoms with Crippen LogP contribution < -0.4 is 10.1 Å². The number of halogens is 1. The first-order valence-corrected chi connectivity index (χ1v) is 9.14. The lowest BCUT2D eigenvalue weighted by Gasteiger charge is -2.08. The number of amides is 1. The van der Waals surface area contributed by atoms with Crippen LogP contribution in [-0.2, 0) is 13.2 Å². The molecule has 2 aromatic heterocycles. The molecule has 0 aliphatic rings. The van der Waals surface area contributed by atoms with Gasteiger partial charge in [0.05, 0.1) is 0 Å². The van der Waals surface area contributed by atoms with Gasteiger partial charge >= 0.3 is 0 Å². The largest absolute Gasteiger partial charge is 0.473 e. The Morgan fingerprint density at radius 1 is 1.04 bits per heavy atom. The number of hydrogen-bond donors (Lipinski definition) is 1. The van der Waals surface area contributed by atoms with Crippen LogP contribution in [-0.4, -0.2) is 10.9 Å². The zero-order valence-electron chi connectivity index (χ0n) is 14.9. The van der Waals surface area contributed by atoms with Crippen molar-refractivity contribution < 1.29 is 13.9 Å². The second-order valence-electron chi connectivity index (χ2n) is 6.25. The Kier molecular flexibility index (Phi) is 5.26. The molecule has 1 N–H and O–H groups in total. The lowest BCUT2D eigenvalue weighted by Crippen LogP contribution is -2.22. The third-order valence-corrected chi connectivity index (χ3v) is 4.42. The highest BCUT2D eigenvalue weighted by atomic mass is 35.5. The van der Waals surface area contributed by atoms with Crippen molar-refractivity contribution in [3.8, 4) is 5.88 Å². The smallest absolute Gasteiger partial charge is 0.287 e. The summed E-state index contributed by atoms with van der Waals surface area (Å²) >= 11 is 5.97. The number of furan rings is 1. The van der Waals surface area contributed by atoms with Crippen LogP contribution >= 0.6 is 11.6 Å². The number of nitrogens with one attached hydrogen (secondary N) is 1. The molecule has 0 saturated carbocycles. The summed E-state index contributed by atoms with van der Waals surface area (Å²) in [6.07, 6.45) is 1.66. The Morgan fingerprint density at radius 3 is 2.75 bits per heavy atom. The number of aromatic nitrogens is 1. The lowest BCUT2D eigenvalue weighted by molar-refractivity contribution is 0.0925. The van der Waals surface area contributed by atoms with E-state index in [9.17, 15) is 4.79 Å². The minimum Gasteiger partial charge on any atom is -0.473 e. The number of carbonyl (C=O) groups is 1.